The van der Waals surface area contributed by atoms with Crippen LogP contribution in [0.1, 0.15) is 58.3 Å². The summed E-state index contributed by atoms with van der Waals surface area (Å²) in [4.78, 5) is 17.9. The van der Waals surface area contributed by atoms with E-state index in [-0.39, 0.29) is 23.9 Å². The van der Waals surface area contributed by atoms with Gasteiger partial charge in [0.15, 0.2) is 0 Å². The summed E-state index contributed by atoms with van der Waals surface area (Å²) in [5.41, 5.74) is 0. The number of hydrogen-bond donors (Lipinski definition) is 2. The minimum absolute atomic E-state index is 0.0226. The molecule has 0 bridgehead atoms. The van der Waals surface area contributed by atoms with E-state index in [4.69, 9.17) is 0 Å². The summed E-state index contributed by atoms with van der Waals surface area (Å²) in [5.74, 6) is 1.28. The van der Waals surface area contributed by atoms with Crippen LogP contribution in [0.25, 0.3) is 0 Å². The van der Waals surface area contributed by atoms with Gasteiger partial charge in [-0.05, 0) is 57.4 Å². The van der Waals surface area contributed by atoms with E-state index in [1.165, 1.54) is 51.9 Å². The number of carbonyl (C=O) groups excluding carboxylic acids is 1. The minimum atomic E-state index is -0.743. The molecule has 7 unspecified atom stereocenters. The molecule has 2 heterocycles. The van der Waals surface area contributed by atoms with Crippen molar-refractivity contribution >= 4 is 5.91 Å². The second-order valence-corrected chi connectivity index (χ2v) is 10.2. The first-order valence-electron chi connectivity index (χ1n) is 12.1. The number of carbonyl (C=O) groups is 1. The predicted molar refractivity (Wildman–Crippen MR) is 115 cm³/mol. The van der Waals surface area contributed by atoms with Crippen molar-refractivity contribution in [2.75, 3.05) is 39.8 Å². The van der Waals surface area contributed by atoms with Gasteiger partial charge < -0.3 is 15.5 Å². The van der Waals surface area contributed by atoms with E-state index in [1.54, 1.807) is 0 Å². The van der Waals surface area contributed by atoms with Gasteiger partial charge in [0.05, 0.1) is 6.04 Å². The van der Waals surface area contributed by atoms with Crippen LogP contribution in [0.2, 0.25) is 0 Å². The molecule has 4 aliphatic rings. The molecule has 7 atom stereocenters. The van der Waals surface area contributed by atoms with Gasteiger partial charge in [0.1, 0.15) is 6.17 Å². The van der Waals surface area contributed by atoms with Crippen LogP contribution in [0.5, 0.6) is 0 Å². The first kappa shape index (κ1) is 21.5. The van der Waals surface area contributed by atoms with Crippen molar-refractivity contribution in [3.63, 3.8) is 0 Å². The van der Waals surface area contributed by atoms with Gasteiger partial charge in [-0.15, -0.1) is 0 Å². The lowest BCUT2D eigenvalue weighted by atomic mass is 9.77. The maximum atomic E-state index is 14.3. The second kappa shape index (κ2) is 9.61. The molecular weight excluding hydrogens is 367 g/mol. The molecule has 6 heteroatoms. The third kappa shape index (κ3) is 4.96. The van der Waals surface area contributed by atoms with E-state index in [0.717, 1.165) is 19.4 Å². The summed E-state index contributed by atoms with van der Waals surface area (Å²) >= 11 is 0. The third-order valence-electron chi connectivity index (χ3n) is 8.34. The molecule has 0 aromatic heterocycles. The first-order valence-corrected chi connectivity index (χ1v) is 12.1. The number of halogens is 1. The van der Waals surface area contributed by atoms with Crippen LogP contribution in [-0.4, -0.2) is 79.8 Å². The van der Waals surface area contributed by atoms with Crippen molar-refractivity contribution in [1.82, 2.24) is 20.4 Å². The minimum Gasteiger partial charge on any atom is -0.355 e. The average molecular weight is 409 g/mol. The van der Waals surface area contributed by atoms with Gasteiger partial charge in [0.25, 0.3) is 0 Å². The number of rotatable bonds is 5. The van der Waals surface area contributed by atoms with E-state index < -0.39 is 6.17 Å². The Labute approximate surface area is 176 Å². The van der Waals surface area contributed by atoms with Crippen LogP contribution < -0.4 is 10.6 Å². The molecule has 2 N–H and O–H groups in total. The fourth-order valence-electron chi connectivity index (χ4n) is 6.46. The molecular formula is C23H41FN4O. The lowest BCUT2D eigenvalue weighted by Crippen LogP contribution is -2.52. The molecule has 0 aromatic carbocycles. The highest BCUT2D eigenvalue weighted by Gasteiger charge is 2.46. The summed E-state index contributed by atoms with van der Waals surface area (Å²) in [5, 5.41) is 6.65. The fraction of sp³-hybridized carbons (Fsp3) is 0.957. The lowest BCUT2D eigenvalue weighted by Gasteiger charge is -2.43. The Kier molecular flexibility index (Phi) is 7.13. The highest BCUT2D eigenvalue weighted by atomic mass is 19.1. The number of piperazine rings is 1. The Bertz CT molecular complexity index is 535. The normalized spacial score (nSPS) is 41.8. The van der Waals surface area contributed by atoms with Crippen molar-refractivity contribution in [2.24, 2.45) is 17.8 Å². The van der Waals surface area contributed by atoms with Gasteiger partial charge in [0.2, 0.25) is 5.91 Å². The fourth-order valence-corrected chi connectivity index (χ4v) is 6.46. The maximum absolute atomic E-state index is 14.3. The average Bonchev–Trinajstić information content (AvgIpc) is 3.19. The Morgan fingerprint density at radius 1 is 1.10 bits per heavy atom. The number of alkyl halides is 1. The van der Waals surface area contributed by atoms with Crippen LogP contribution in [0.4, 0.5) is 4.39 Å². The zero-order chi connectivity index (χ0) is 20.4. The zero-order valence-corrected chi connectivity index (χ0v) is 18.4. The van der Waals surface area contributed by atoms with Crippen LogP contribution >= 0.6 is 0 Å². The third-order valence-corrected chi connectivity index (χ3v) is 8.34. The van der Waals surface area contributed by atoms with Crippen LogP contribution in [-0.2, 0) is 4.79 Å². The number of amides is 1. The number of nitrogens with zero attached hydrogens (tertiary/aromatic N) is 2. The van der Waals surface area contributed by atoms with Crippen molar-refractivity contribution in [1.29, 1.82) is 0 Å². The quantitative estimate of drug-likeness (QED) is 0.734. The van der Waals surface area contributed by atoms with Crippen molar-refractivity contribution < 1.29 is 9.18 Å². The molecule has 4 fully saturated rings. The second-order valence-electron chi connectivity index (χ2n) is 10.2. The highest BCUT2D eigenvalue weighted by Crippen LogP contribution is 2.38. The highest BCUT2D eigenvalue weighted by molar-refractivity contribution is 5.82. The summed E-state index contributed by atoms with van der Waals surface area (Å²) in [6.45, 7) is 7.66. The van der Waals surface area contributed by atoms with Crippen LogP contribution in [0.15, 0.2) is 0 Å². The van der Waals surface area contributed by atoms with E-state index in [0.29, 0.717) is 30.7 Å². The van der Waals surface area contributed by atoms with Gasteiger partial charge in [-0.1, -0.05) is 19.8 Å². The molecule has 2 aliphatic heterocycles. The van der Waals surface area contributed by atoms with Gasteiger partial charge >= 0.3 is 0 Å². The lowest BCUT2D eigenvalue weighted by molar-refractivity contribution is -0.123. The molecule has 1 amide bonds. The SMILES string of the molecule is CC1CCC(F)C2CC(C(=O)NCCC3CCCCC3N3CCN(C)CC3)NC12. The summed E-state index contributed by atoms with van der Waals surface area (Å²) in [6, 6.07) is 0.660. The van der Waals surface area contributed by atoms with Crippen molar-refractivity contribution in [3.05, 3.63) is 0 Å². The van der Waals surface area contributed by atoms with Crippen LogP contribution in [0, 0.1) is 17.8 Å². The summed E-state index contributed by atoms with van der Waals surface area (Å²) in [6.07, 6.45) is 7.86. The monoisotopic (exact) mass is 408 g/mol. The standard InChI is InChI=1S/C23H41FN4O/c1-16-7-8-19(24)18-15-20(26-22(16)18)23(29)25-10-9-17-5-3-4-6-21(17)28-13-11-27(2)12-14-28/h16-22,26H,3-15H2,1-2H3,(H,25,29). The number of hydrogen-bond acceptors (Lipinski definition) is 4. The summed E-state index contributed by atoms with van der Waals surface area (Å²) < 4.78 is 14.3. The number of likely N-dealkylation sites (N-methyl/N-ethyl adjacent to an activating group) is 1. The van der Waals surface area contributed by atoms with E-state index in [9.17, 15) is 9.18 Å². The molecule has 4 rings (SSSR count). The van der Waals surface area contributed by atoms with Gasteiger partial charge in [-0.2, -0.15) is 0 Å². The molecule has 0 aromatic rings. The van der Waals surface area contributed by atoms with E-state index in [1.807, 2.05) is 0 Å². The van der Waals surface area contributed by atoms with Crippen LogP contribution in [0.3, 0.4) is 0 Å². The molecule has 0 radical (unpaired) electrons. The molecule has 0 spiro atoms. The number of nitrogens with one attached hydrogen (secondary N) is 2. The molecule has 2 saturated heterocycles. The molecule has 29 heavy (non-hydrogen) atoms. The topological polar surface area (TPSA) is 47.6 Å². The van der Waals surface area contributed by atoms with Gasteiger partial charge in [-0.3, -0.25) is 9.69 Å². The first-order chi connectivity index (χ1) is 14.0. The van der Waals surface area contributed by atoms with Gasteiger partial charge in [-0.25, -0.2) is 4.39 Å². The molecule has 166 valence electrons. The Morgan fingerprint density at radius 3 is 2.62 bits per heavy atom. The van der Waals surface area contributed by atoms with E-state index >= 15 is 0 Å². The summed E-state index contributed by atoms with van der Waals surface area (Å²) in [7, 11) is 2.21. The molecule has 2 aliphatic carbocycles. The Hall–Kier alpha value is -0.720. The smallest absolute Gasteiger partial charge is 0.237 e. The number of fused-ring (bicyclic) bond motifs is 1. The van der Waals surface area contributed by atoms with Gasteiger partial charge in [0, 0.05) is 50.7 Å². The van der Waals surface area contributed by atoms with Crippen molar-refractivity contribution in [2.45, 2.75) is 82.6 Å². The zero-order valence-electron chi connectivity index (χ0n) is 18.4. The maximum Gasteiger partial charge on any atom is 0.237 e. The predicted octanol–water partition coefficient (Wildman–Crippen LogP) is 2.41. The molecule has 5 nitrogen and oxygen atoms in total. The molecule has 2 saturated carbocycles. The Morgan fingerprint density at radius 2 is 1.86 bits per heavy atom. The van der Waals surface area contributed by atoms with Crippen molar-refractivity contribution in [3.8, 4) is 0 Å². The van der Waals surface area contributed by atoms with E-state index in [2.05, 4.69) is 34.4 Å². The Balaban J connectivity index is 1.24. The largest absolute Gasteiger partial charge is 0.355 e.